The summed E-state index contributed by atoms with van der Waals surface area (Å²) in [6, 6.07) is 11.8. The Kier molecular flexibility index (Phi) is 5.72. The van der Waals surface area contributed by atoms with E-state index >= 15 is 0 Å². The molecule has 1 fully saturated rings. The highest BCUT2D eigenvalue weighted by molar-refractivity contribution is 5.73. The van der Waals surface area contributed by atoms with Gasteiger partial charge < -0.3 is 4.90 Å². The second-order valence-corrected chi connectivity index (χ2v) is 7.10. The summed E-state index contributed by atoms with van der Waals surface area (Å²) in [6.07, 6.45) is 8.24. The zero-order chi connectivity index (χ0) is 16.9. The van der Waals surface area contributed by atoms with Crippen LogP contribution in [0.2, 0.25) is 0 Å². The SMILES string of the molecule is CCN(C(C)=O)C1CCN(C(Cc2ccccc2)C2=CCC2)CC1. The number of amides is 1. The predicted octanol–water partition coefficient (Wildman–Crippen LogP) is 3.65. The Morgan fingerprint density at radius 3 is 2.42 bits per heavy atom. The molecule has 0 aromatic heterocycles. The van der Waals surface area contributed by atoms with Crippen molar-refractivity contribution >= 4 is 5.91 Å². The Morgan fingerprint density at radius 1 is 1.25 bits per heavy atom. The third kappa shape index (κ3) is 3.89. The molecule has 0 spiro atoms. The van der Waals surface area contributed by atoms with Crippen molar-refractivity contribution in [2.75, 3.05) is 19.6 Å². The third-order valence-electron chi connectivity index (χ3n) is 5.67. The van der Waals surface area contributed by atoms with Gasteiger partial charge in [-0.05, 0) is 44.6 Å². The van der Waals surface area contributed by atoms with Crippen LogP contribution in [0, 0.1) is 0 Å². The van der Waals surface area contributed by atoms with E-state index in [1.54, 1.807) is 12.5 Å². The van der Waals surface area contributed by atoms with Crippen molar-refractivity contribution in [1.82, 2.24) is 9.80 Å². The van der Waals surface area contributed by atoms with Crippen LogP contribution in [-0.4, -0.2) is 47.4 Å². The van der Waals surface area contributed by atoms with Gasteiger partial charge in [-0.2, -0.15) is 0 Å². The molecule has 1 unspecified atom stereocenters. The van der Waals surface area contributed by atoms with Crippen molar-refractivity contribution in [2.45, 2.75) is 58.0 Å². The number of benzene rings is 1. The van der Waals surface area contributed by atoms with Crippen molar-refractivity contribution in [2.24, 2.45) is 0 Å². The minimum atomic E-state index is 0.221. The lowest BCUT2D eigenvalue weighted by molar-refractivity contribution is -0.131. The summed E-state index contributed by atoms with van der Waals surface area (Å²) in [5, 5.41) is 0. The van der Waals surface area contributed by atoms with Crippen LogP contribution < -0.4 is 0 Å². The average Bonchev–Trinajstić information content (AvgIpc) is 2.55. The van der Waals surface area contributed by atoms with Gasteiger partial charge in [-0.15, -0.1) is 0 Å². The highest BCUT2D eigenvalue weighted by atomic mass is 16.2. The summed E-state index contributed by atoms with van der Waals surface area (Å²) < 4.78 is 0. The van der Waals surface area contributed by atoms with E-state index in [0.717, 1.165) is 38.9 Å². The number of carbonyl (C=O) groups is 1. The number of rotatable bonds is 6. The molecule has 130 valence electrons. The molecule has 3 heteroatoms. The van der Waals surface area contributed by atoms with Crippen LogP contribution in [0.4, 0.5) is 0 Å². The molecule has 0 radical (unpaired) electrons. The fourth-order valence-electron chi connectivity index (χ4n) is 4.19. The molecule has 0 bridgehead atoms. The van der Waals surface area contributed by atoms with Gasteiger partial charge in [-0.1, -0.05) is 42.0 Å². The number of hydrogen-bond acceptors (Lipinski definition) is 2. The molecule has 1 atom stereocenters. The summed E-state index contributed by atoms with van der Waals surface area (Å²) in [5.74, 6) is 0.221. The number of carbonyl (C=O) groups excluding carboxylic acids is 1. The van der Waals surface area contributed by atoms with Gasteiger partial charge in [0.2, 0.25) is 5.91 Å². The number of likely N-dealkylation sites (tertiary alicyclic amines) is 1. The molecule has 1 saturated heterocycles. The van der Waals surface area contributed by atoms with Gasteiger partial charge in [0, 0.05) is 38.6 Å². The van der Waals surface area contributed by atoms with Crippen LogP contribution >= 0.6 is 0 Å². The van der Waals surface area contributed by atoms with Crippen LogP contribution in [0.25, 0.3) is 0 Å². The Balaban J connectivity index is 1.64. The third-order valence-corrected chi connectivity index (χ3v) is 5.67. The smallest absolute Gasteiger partial charge is 0.219 e. The van der Waals surface area contributed by atoms with E-state index < -0.39 is 0 Å². The van der Waals surface area contributed by atoms with E-state index in [9.17, 15) is 4.79 Å². The molecule has 1 aromatic rings. The van der Waals surface area contributed by atoms with Gasteiger partial charge in [0.05, 0.1) is 0 Å². The highest BCUT2D eigenvalue weighted by Crippen LogP contribution is 2.30. The lowest BCUT2D eigenvalue weighted by Gasteiger charge is -2.43. The van der Waals surface area contributed by atoms with Gasteiger partial charge in [0.1, 0.15) is 0 Å². The molecule has 1 aromatic carbocycles. The molecule has 1 heterocycles. The zero-order valence-electron chi connectivity index (χ0n) is 15.1. The number of allylic oxidation sites excluding steroid dienone is 1. The highest BCUT2D eigenvalue weighted by Gasteiger charge is 2.31. The minimum Gasteiger partial charge on any atom is -0.340 e. The lowest BCUT2D eigenvalue weighted by atomic mass is 9.86. The molecule has 24 heavy (non-hydrogen) atoms. The number of hydrogen-bond donors (Lipinski definition) is 0. The summed E-state index contributed by atoms with van der Waals surface area (Å²) >= 11 is 0. The molecule has 3 rings (SSSR count). The first kappa shape index (κ1) is 17.2. The van der Waals surface area contributed by atoms with Crippen LogP contribution in [0.1, 0.15) is 45.1 Å². The quantitative estimate of drug-likeness (QED) is 0.745. The van der Waals surface area contributed by atoms with E-state index in [0.29, 0.717) is 12.1 Å². The second-order valence-electron chi connectivity index (χ2n) is 7.10. The van der Waals surface area contributed by atoms with Crippen LogP contribution in [0.3, 0.4) is 0 Å². The summed E-state index contributed by atoms with van der Waals surface area (Å²) in [6.45, 7) is 6.82. The maximum Gasteiger partial charge on any atom is 0.219 e. The van der Waals surface area contributed by atoms with E-state index in [-0.39, 0.29) is 5.91 Å². The first-order valence-corrected chi connectivity index (χ1v) is 9.43. The van der Waals surface area contributed by atoms with E-state index in [1.807, 2.05) is 4.90 Å². The van der Waals surface area contributed by atoms with E-state index in [2.05, 4.69) is 48.2 Å². The van der Waals surface area contributed by atoms with Crippen LogP contribution in [-0.2, 0) is 11.2 Å². The molecule has 2 aliphatic rings. The van der Waals surface area contributed by atoms with Gasteiger partial charge >= 0.3 is 0 Å². The fourth-order valence-corrected chi connectivity index (χ4v) is 4.19. The Hall–Kier alpha value is -1.61. The van der Waals surface area contributed by atoms with Gasteiger partial charge in [0.25, 0.3) is 0 Å². The summed E-state index contributed by atoms with van der Waals surface area (Å²) in [5.41, 5.74) is 3.05. The van der Waals surface area contributed by atoms with Crippen LogP contribution in [0.5, 0.6) is 0 Å². The molecule has 0 N–H and O–H groups in total. The standard InChI is InChI=1S/C21H30N2O/c1-3-23(17(2)24)20-12-14-22(15-13-20)21(19-10-7-11-19)16-18-8-5-4-6-9-18/h4-6,8-10,20-21H,3,7,11-16H2,1-2H3. The first-order valence-electron chi connectivity index (χ1n) is 9.43. The molecule has 3 nitrogen and oxygen atoms in total. The van der Waals surface area contributed by atoms with E-state index in [4.69, 9.17) is 0 Å². The van der Waals surface area contributed by atoms with Crippen LogP contribution in [0.15, 0.2) is 42.0 Å². The maximum absolute atomic E-state index is 11.8. The fraction of sp³-hybridized carbons (Fsp3) is 0.571. The number of nitrogens with zero attached hydrogens (tertiary/aromatic N) is 2. The molecule has 1 amide bonds. The van der Waals surface area contributed by atoms with Gasteiger partial charge in [-0.3, -0.25) is 9.69 Å². The molecule has 0 saturated carbocycles. The topological polar surface area (TPSA) is 23.6 Å². The summed E-state index contributed by atoms with van der Waals surface area (Å²) in [7, 11) is 0. The van der Waals surface area contributed by atoms with Crippen molar-refractivity contribution in [3.8, 4) is 0 Å². The molecule has 1 aliphatic heterocycles. The average molecular weight is 326 g/mol. The number of piperidine rings is 1. The molecular formula is C21H30N2O. The van der Waals surface area contributed by atoms with Crippen molar-refractivity contribution < 1.29 is 4.79 Å². The molecule has 1 aliphatic carbocycles. The molecular weight excluding hydrogens is 296 g/mol. The summed E-state index contributed by atoms with van der Waals surface area (Å²) in [4.78, 5) is 16.5. The van der Waals surface area contributed by atoms with Crippen molar-refractivity contribution in [1.29, 1.82) is 0 Å². The van der Waals surface area contributed by atoms with Crippen molar-refractivity contribution in [3.05, 3.63) is 47.5 Å². The Labute approximate surface area is 146 Å². The monoisotopic (exact) mass is 326 g/mol. The lowest BCUT2D eigenvalue weighted by Crippen LogP contribution is -2.50. The van der Waals surface area contributed by atoms with E-state index in [1.165, 1.54) is 18.4 Å². The maximum atomic E-state index is 11.8. The largest absolute Gasteiger partial charge is 0.340 e. The minimum absolute atomic E-state index is 0.221. The second kappa shape index (κ2) is 7.98. The van der Waals surface area contributed by atoms with Gasteiger partial charge in [0.15, 0.2) is 0 Å². The zero-order valence-corrected chi connectivity index (χ0v) is 15.1. The normalized spacial score (nSPS) is 20.2. The Bertz CT molecular complexity index is 573. The first-order chi connectivity index (χ1) is 11.7. The predicted molar refractivity (Wildman–Crippen MR) is 98.9 cm³/mol. The van der Waals surface area contributed by atoms with Crippen molar-refractivity contribution in [3.63, 3.8) is 0 Å². The Morgan fingerprint density at radius 2 is 1.92 bits per heavy atom. The van der Waals surface area contributed by atoms with Gasteiger partial charge in [-0.25, -0.2) is 0 Å².